The lowest BCUT2D eigenvalue weighted by Gasteiger charge is -2.45. The van der Waals surface area contributed by atoms with Gasteiger partial charge in [0, 0.05) is 12.4 Å². The van der Waals surface area contributed by atoms with E-state index < -0.39 is 26.1 Å². The van der Waals surface area contributed by atoms with E-state index in [0.717, 1.165) is 0 Å². The lowest BCUT2D eigenvalue weighted by Crippen LogP contribution is -2.68. The summed E-state index contributed by atoms with van der Waals surface area (Å²) >= 11 is 9.88. The van der Waals surface area contributed by atoms with Crippen LogP contribution in [0.1, 0.15) is 53.5 Å². The monoisotopic (exact) mass is 684 g/mol. The molecule has 0 unspecified atom stereocenters. The second-order valence-corrected chi connectivity index (χ2v) is 18.2. The number of imidazole rings is 1. The molecule has 2 aromatic heterocycles. The Kier molecular flexibility index (Phi) is 9.07. The van der Waals surface area contributed by atoms with Crippen LogP contribution in [0.15, 0.2) is 77.7 Å². The number of halogens is 2. The second kappa shape index (κ2) is 12.3. The first-order chi connectivity index (χ1) is 20.3. The molecule has 1 aliphatic heterocycles. The van der Waals surface area contributed by atoms with Crippen molar-refractivity contribution >= 4 is 57.8 Å². The van der Waals surface area contributed by atoms with E-state index in [4.69, 9.17) is 30.5 Å². The average molecular weight is 686 g/mol. The first kappa shape index (κ1) is 31.7. The van der Waals surface area contributed by atoms with Gasteiger partial charge < -0.3 is 13.9 Å². The summed E-state index contributed by atoms with van der Waals surface area (Å²) in [5.74, 6) is 0.617. The quantitative estimate of drug-likeness (QED) is 0.219. The van der Waals surface area contributed by atoms with E-state index in [1.54, 1.807) is 17.3 Å². The smallest absolute Gasteiger partial charge is 0.410 e. The minimum atomic E-state index is -2.84. The Balaban J connectivity index is 1.50. The van der Waals surface area contributed by atoms with E-state index in [1.807, 2.05) is 37.3 Å². The van der Waals surface area contributed by atoms with Gasteiger partial charge in [-0.25, -0.2) is 14.8 Å². The van der Waals surface area contributed by atoms with Gasteiger partial charge >= 0.3 is 6.09 Å². The number of aromatic nitrogens is 3. The molecule has 0 saturated carbocycles. The van der Waals surface area contributed by atoms with Crippen molar-refractivity contribution in [1.82, 2.24) is 19.3 Å². The lowest BCUT2D eigenvalue weighted by molar-refractivity contribution is -0.0830. The Labute approximate surface area is 267 Å². The van der Waals surface area contributed by atoms with Gasteiger partial charge in [0.15, 0.2) is 5.15 Å². The van der Waals surface area contributed by atoms with Gasteiger partial charge in [0.05, 0.1) is 25.8 Å². The fourth-order valence-electron chi connectivity index (χ4n) is 5.73. The number of nitrogens with zero attached hydrogens (tertiary/aromatic N) is 4. The van der Waals surface area contributed by atoms with Gasteiger partial charge in [0.1, 0.15) is 27.6 Å². The number of fused-ring (bicyclic) bond motifs is 1. The highest BCUT2D eigenvalue weighted by atomic mass is 79.9. The van der Waals surface area contributed by atoms with E-state index in [-0.39, 0.29) is 30.8 Å². The summed E-state index contributed by atoms with van der Waals surface area (Å²) in [5, 5.41) is 2.46. The third kappa shape index (κ3) is 6.39. The number of carbonyl (C=O) groups is 1. The van der Waals surface area contributed by atoms with Gasteiger partial charge in [-0.1, -0.05) is 93.0 Å². The molecule has 3 heterocycles. The molecule has 228 valence electrons. The van der Waals surface area contributed by atoms with Crippen LogP contribution in [-0.2, 0) is 13.9 Å². The summed E-state index contributed by atoms with van der Waals surface area (Å²) in [6.07, 6.45) is 2.46. The molecule has 4 aromatic rings. The molecule has 2 aromatic carbocycles. The molecule has 1 amide bonds. The Morgan fingerprint density at radius 1 is 1.05 bits per heavy atom. The van der Waals surface area contributed by atoms with E-state index in [0.29, 0.717) is 21.1 Å². The van der Waals surface area contributed by atoms with E-state index in [2.05, 4.69) is 90.2 Å². The van der Waals surface area contributed by atoms with Crippen molar-refractivity contribution < 1.29 is 18.7 Å². The highest BCUT2D eigenvalue weighted by Gasteiger charge is 2.51. The molecular formula is C32H38BrClN4O4Si. The topological polar surface area (TPSA) is 78.2 Å². The number of morpholine rings is 1. The summed E-state index contributed by atoms with van der Waals surface area (Å²) in [5.41, 5.74) is -0.0278. The number of hydrogen-bond acceptors (Lipinski definition) is 6. The van der Waals surface area contributed by atoms with Crippen molar-refractivity contribution in [2.45, 2.75) is 64.3 Å². The van der Waals surface area contributed by atoms with Gasteiger partial charge in [-0.2, -0.15) is 0 Å². The van der Waals surface area contributed by atoms with Gasteiger partial charge in [-0.3, -0.25) is 9.30 Å². The number of ether oxygens (including phenoxy) is 2. The SMILES string of the molecule is CC(C)(C)OC(=O)N1C[C@@H](c2nc(Br)c3c(Cl)nccn23)OC[C@H]1CO[Si](c1ccccc1)(c1ccccc1)C(C)(C)C. The summed E-state index contributed by atoms with van der Waals surface area (Å²) in [4.78, 5) is 24.3. The molecule has 1 aliphatic rings. The molecule has 0 spiro atoms. The van der Waals surface area contributed by atoms with Gasteiger partial charge in [-0.15, -0.1) is 0 Å². The normalized spacial score (nSPS) is 18.2. The molecule has 0 aliphatic carbocycles. The molecule has 0 N–H and O–H groups in total. The molecular weight excluding hydrogens is 648 g/mol. The van der Waals surface area contributed by atoms with Crippen molar-refractivity contribution in [3.8, 4) is 0 Å². The van der Waals surface area contributed by atoms with Crippen LogP contribution < -0.4 is 10.4 Å². The molecule has 5 rings (SSSR count). The molecule has 1 fully saturated rings. The Hall–Kier alpha value is -2.76. The number of carbonyl (C=O) groups excluding carboxylic acids is 1. The zero-order valence-corrected chi connectivity index (χ0v) is 28.7. The summed E-state index contributed by atoms with van der Waals surface area (Å²) in [6, 6.07) is 20.5. The molecule has 43 heavy (non-hydrogen) atoms. The standard InChI is InChI=1S/C32H38BrClN4O4Si/c1-31(2,3)42-30(39)38-19-25(29-36-27(33)26-28(34)35-17-18-37(26)29)40-20-22(38)21-41-43(32(4,5)6,23-13-9-7-10-14-23)24-15-11-8-12-16-24/h7-18,22,25H,19-21H2,1-6H3/t22-,25-/m0/s1. The second-order valence-electron chi connectivity index (χ2n) is 12.8. The van der Waals surface area contributed by atoms with Crippen LogP contribution in [0, 0.1) is 0 Å². The first-order valence-electron chi connectivity index (χ1n) is 14.4. The van der Waals surface area contributed by atoms with Gasteiger partial charge in [0.2, 0.25) is 0 Å². The number of hydrogen-bond donors (Lipinski definition) is 0. The van der Waals surface area contributed by atoms with Crippen molar-refractivity contribution in [3.63, 3.8) is 0 Å². The van der Waals surface area contributed by atoms with Crippen LogP contribution in [0.2, 0.25) is 10.2 Å². The Bertz CT molecular complexity index is 1530. The summed E-state index contributed by atoms with van der Waals surface area (Å²) in [6.45, 7) is 13.1. The predicted octanol–water partition coefficient (Wildman–Crippen LogP) is 6.40. The Morgan fingerprint density at radius 3 is 2.21 bits per heavy atom. The minimum Gasteiger partial charge on any atom is -0.444 e. The number of amides is 1. The van der Waals surface area contributed by atoms with Crippen LogP contribution in [-0.4, -0.2) is 65.1 Å². The van der Waals surface area contributed by atoms with E-state index in [9.17, 15) is 4.79 Å². The maximum Gasteiger partial charge on any atom is 0.410 e. The highest BCUT2D eigenvalue weighted by Crippen LogP contribution is 2.38. The number of rotatable bonds is 6. The van der Waals surface area contributed by atoms with Crippen molar-refractivity contribution in [2.24, 2.45) is 0 Å². The maximum atomic E-state index is 13.7. The summed E-state index contributed by atoms with van der Waals surface area (Å²) in [7, 11) is -2.84. The molecule has 8 nitrogen and oxygen atoms in total. The van der Waals surface area contributed by atoms with Crippen molar-refractivity contribution in [3.05, 3.63) is 88.6 Å². The third-order valence-corrected chi connectivity index (χ3v) is 13.4. The van der Waals surface area contributed by atoms with Crippen LogP contribution in [0.5, 0.6) is 0 Å². The van der Waals surface area contributed by atoms with Gasteiger partial charge in [0.25, 0.3) is 8.32 Å². The molecule has 0 radical (unpaired) electrons. The largest absolute Gasteiger partial charge is 0.444 e. The molecule has 1 saturated heterocycles. The van der Waals surface area contributed by atoms with E-state index >= 15 is 0 Å². The first-order valence-corrected chi connectivity index (χ1v) is 17.4. The predicted molar refractivity (Wildman–Crippen MR) is 175 cm³/mol. The zero-order valence-electron chi connectivity index (χ0n) is 25.4. The van der Waals surface area contributed by atoms with Crippen LogP contribution in [0.3, 0.4) is 0 Å². The zero-order chi connectivity index (χ0) is 31.0. The summed E-state index contributed by atoms with van der Waals surface area (Å²) < 4.78 is 21.9. The van der Waals surface area contributed by atoms with Gasteiger partial charge in [-0.05, 0) is 52.1 Å². The molecule has 2 atom stereocenters. The maximum absolute atomic E-state index is 13.7. The van der Waals surface area contributed by atoms with Crippen LogP contribution in [0.4, 0.5) is 4.79 Å². The van der Waals surface area contributed by atoms with Crippen LogP contribution >= 0.6 is 27.5 Å². The highest BCUT2D eigenvalue weighted by molar-refractivity contribution is 9.10. The fourth-order valence-corrected chi connectivity index (χ4v) is 11.2. The molecule has 0 bridgehead atoms. The minimum absolute atomic E-state index is 0.209. The lowest BCUT2D eigenvalue weighted by atomic mass is 10.1. The van der Waals surface area contributed by atoms with Crippen molar-refractivity contribution in [1.29, 1.82) is 0 Å². The molecule has 11 heteroatoms. The fraction of sp³-hybridized carbons (Fsp3) is 0.406. The van der Waals surface area contributed by atoms with Crippen molar-refractivity contribution in [2.75, 3.05) is 19.8 Å². The third-order valence-electron chi connectivity index (χ3n) is 7.61. The van der Waals surface area contributed by atoms with Crippen LogP contribution in [0.25, 0.3) is 5.52 Å². The number of benzene rings is 2. The Morgan fingerprint density at radius 2 is 1.65 bits per heavy atom. The van der Waals surface area contributed by atoms with E-state index in [1.165, 1.54) is 10.4 Å². The average Bonchev–Trinajstić information content (AvgIpc) is 3.30.